The summed E-state index contributed by atoms with van der Waals surface area (Å²) in [5, 5.41) is 3.48. The molecule has 1 atom stereocenters. The zero-order valence-corrected chi connectivity index (χ0v) is 13.1. The molecular formula is C16H25NO4. The lowest BCUT2D eigenvalue weighted by Crippen LogP contribution is -2.29. The summed E-state index contributed by atoms with van der Waals surface area (Å²) in [7, 11) is 4.89. The molecule has 1 aliphatic heterocycles. The molecule has 1 aromatic rings. The fraction of sp³-hybridized carbons (Fsp3) is 0.625. The number of rotatable bonds is 7. The van der Waals surface area contributed by atoms with Gasteiger partial charge in [-0.2, -0.15) is 0 Å². The van der Waals surface area contributed by atoms with Gasteiger partial charge in [0.1, 0.15) is 0 Å². The van der Waals surface area contributed by atoms with Crippen molar-refractivity contribution in [2.75, 3.05) is 41.1 Å². The molecule has 0 aliphatic carbocycles. The standard InChI is InChI=1S/C16H25NO4/c1-18-14-7-6-13(15(19-2)16(14)20-3)10-17-9-12-5-4-8-21-11-12/h6-7,12,17H,4-5,8-11H2,1-3H3. The van der Waals surface area contributed by atoms with Crippen LogP contribution in [0.2, 0.25) is 0 Å². The van der Waals surface area contributed by atoms with Crippen molar-refractivity contribution in [3.8, 4) is 17.2 Å². The summed E-state index contributed by atoms with van der Waals surface area (Å²) in [4.78, 5) is 0. The van der Waals surface area contributed by atoms with Crippen molar-refractivity contribution in [2.24, 2.45) is 5.92 Å². The Balaban J connectivity index is 1.98. The van der Waals surface area contributed by atoms with E-state index in [-0.39, 0.29) is 0 Å². The summed E-state index contributed by atoms with van der Waals surface area (Å²) in [6.07, 6.45) is 2.39. The van der Waals surface area contributed by atoms with Crippen LogP contribution in [0.3, 0.4) is 0 Å². The van der Waals surface area contributed by atoms with Crippen LogP contribution in [0.1, 0.15) is 18.4 Å². The predicted octanol–water partition coefficient (Wildman–Crippen LogP) is 2.23. The van der Waals surface area contributed by atoms with Gasteiger partial charge in [0.25, 0.3) is 0 Å². The molecule has 1 unspecified atom stereocenters. The smallest absolute Gasteiger partial charge is 0.203 e. The van der Waals surface area contributed by atoms with Crippen molar-refractivity contribution in [3.63, 3.8) is 0 Å². The predicted molar refractivity (Wildman–Crippen MR) is 81.3 cm³/mol. The second-order valence-corrected chi connectivity index (χ2v) is 5.21. The van der Waals surface area contributed by atoms with E-state index in [1.54, 1.807) is 21.3 Å². The fourth-order valence-corrected chi connectivity index (χ4v) is 2.68. The Kier molecular flexibility index (Phi) is 6.14. The van der Waals surface area contributed by atoms with Crippen LogP contribution in [-0.4, -0.2) is 41.1 Å². The van der Waals surface area contributed by atoms with Crippen LogP contribution in [-0.2, 0) is 11.3 Å². The third-order valence-electron chi connectivity index (χ3n) is 3.79. The first-order chi connectivity index (χ1) is 10.3. The SMILES string of the molecule is COc1ccc(CNCC2CCCOC2)c(OC)c1OC. The van der Waals surface area contributed by atoms with Crippen molar-refractivity contribution in [2.45, 2.75) is 19.4 Å². The lowest BCUT2D eigenvalue weighted by atomic mass is 10.0. The van der Waals surface area contributed by atoms with E-state index in [0.29, 0.717) is 17.4 Å². The topological polar surface area (TPSA) is 49.0 Å². The summed E-state index contributed by atoms with van der Waals surface area (Å²) in [6.45, 7) is 3.45. The molecule has 118 valence electrons. The second-order valence-electron chi connectivity index (χ2n) is 5.21. The Morgan fingerprint density at radius 1 is 1.14 bits per heavy atom. The molecule has 1 aliphatic rings. The number of ether oxygens (including phenoxy) is 4. The molecule has 0 saturated carbocycles. The molecule has 0 bridgehead atoms. The Morgan fingerprint density at radius 2 is 1.95 bits per heavy atom. The highest BCUT2D eigenvalue weighted by Crippen LogP contribution is 2.39. The van der Waals surface area contributed by atoms with E-state index in [0.717, 1.165) is 44.0 Å². The van der Waals surface area contributed by atoms with E-state index in [2.05, 4.69) is 5.32 Å². The number of hydrogen-bond acceptors (Lipinski definition) is 5. The van der Waals surface area contributed by atoms with E-state index in [4.69, 9.17) is 18.9 Å². The van der Waals surface area contributed by atoms with Gasteiger partial charge >= 0.3 is 0 Å². The first-order valence-electron chi connectivity index (χ1n) is 7.36. The first-order valence-corrected chi connectivity index (χ1v) is 7.36. The summed E-state index contributed by atoms with van der Waals surface area (Å²) in [6, 6.07) is 3.91. The quantitative estimate of drug-likeness (QED) is 0.836. The molecule has 0 radical (unpaired) electrons. The van der Waals surface area contributed by atoms with Gasteiger partial charge in [0.05, 0.1) is 27.9 Å². The third kappa shape index (κ3) is 4.02. The number of nitrogens with one attached hydrogen (secondary N) is 1. The Bertz CT molecular complexity index is 444. The van der Waals surface area contributed by atoms with Gasteiger partial charge in [-0.15, -0.1) is 0 Å². The molecule has 0 amide bonds. The molecule has 21 heavy (non-hydrogen) atoms. The lowest BCUT2D eigenvalue weighted by molar-refractivity contribution is 0.0547. The lowest BCUT2D eigenvalue weighted by Gasteiger charge is -2.22. The first kappa shape index (κ1) is 15.9. The van der Waals surface area contributed by atoms with Gasteiger partial charge in [-0.1, -0.05) is 6.07 Å². The maximum atomic E-state index is 5.50. The van der Waals surface area contributed by atoms with Crippen LogP contribution in [0.25, 0.3) is 0 Å². The zero-order chi connectivity index (χ0) is 15.1. The molecule has 5 heteroatoms. The van der Waals surface area contributed by atoms with Crippen molar-refractivity contribution < 1.29 is 18.9 Å². The monoisotopic (exact) mass is 295 g/mol. The number of methoxy groups -OCH3 is 3. The summed E-state index contributed by atoms with van der Waals surface area (Å²) >= 11 is 0. The summed E-state index contributed by atoms with van der Waals surface area (Å²) in [5.74, 6) is 2.65. The van der Waals surface area contributed by atoms with Gasteiger partial charge in [-0.05, 0) is 24.8 Å². The molecule has 1 fully saturated rings. The van der Waals surface area contributed by atoms with Crippen LogP contribution < -0.4 is 19.5 Å². The average molecular weight is 295 g/mol. The second kappa shape index (κ2) is 8.10. The van der Waals surface area contributed by atoms with Gasteiger partial charge in [0, 0.05) is 25.3 Å². The average Bonchev–Trinajstić information content (AvgIpc) is 2.55. The Hall–Kier alpha value is -1.46. The largest absolute Gasteiger partial charge is 0.493 e. The van der Waals surface area contributed by atoms with Crippen molar-refractivity contribution in [1.82, 2.24) is 5.32 Å². The highest BCUT2D eigenvalue weighted by atomic mass is 16.5. The van der Waals surface area contributed by atoms with Crippen molar-refractivity contribution in [1.29, 1.82) is 0 Å². The molecular weight excluding hydrogens is 270 g/mol. The van der Waals surface area contributed by atoms with Crippen LogP contribution >= 0.6 is 0 Å². The molecule has 0 spiro atoms. The van der Waals surface area contributed by atoms with E-state index < -0.39 is 0 Å². The highest BCUT2D eigenvalue weighted by molar-refractivity contribution is 5.55. The van der Waals surface area contributed by atoms with E-state index in [1.165, 1.54) is 6.42 Å². The Labute approximate surface area is 126 Å². The Morgan fingerprint density at radius 3 is 2.57 bits per heavy atom. The molecule has 1 saturated heterocycles. The van der Waals surface area contributed by atoms with E-state index in [1.807, 2.05) is 12.1 Å². The molecule has 1 heterocycles. The summed E-state index contributed by atoms with van der Waals surface area (Å²) < 4.78 is 21.7. The van der Waals surface area contributed by atoms with Crippen LogP contribution in [0.15, 0.2) is 12.1 Å². The van der Waals surface area contributed by atoms with Gasteiger partial charge in [-0.25, -0.2) is 0 Å². The van der Waals surface area contributed by atoms with Crippen molar-refractivity contribution in [3.05, 3.63) is 17.7 Å². The fourth-order valence-electron chi connectivity index (χ4n) is 2.68. The van der Waals surface area contributed by atoms with Gasteiger partial charge in [0.2, 0.25) is 5.75 Å². The van der Waals surface area contributed by atoms with Crippen LogP contribution in [0, 0.1) is 5.92 Å². The minimum atomic E-state index is 0.602. The molecule has 0 aromatic heterocycles. The molecule has 1 aromatic carbocycles. The normalized spacial score (nSPS) is 18.3. The van der Waals surface area contributed by atoms with E-state index in [9.17, 15) is 0 Å². The minimum Gasteiger partial charge on any atom is -0.493 e. The molecule has 5 nitrogen and oxygen atoms in total. The van der Waals surface area contributed by atoms with Crippen molar-refractivity contribution >= 4 is 0 Å². The van der Waals surface area contributed by atoms with Crippen LogP contribution in [0.5, 0.6) is 17.2 Å². The minimum absolute atomic E-state index is 0.602. The number of benzene rings is 1. The van der Waals surface area contributed by atoms with Crippen LogP contribution in [0.4, 0.5) is 0 Å². The zero-order valence-electron chi connectivity index (χ0n) is 13.1. The van der Waals surface area contributed by atoms with Gasteiger partial charge in [0.15, 0.2) is 11.5 Å². The summed E-state index contributed by atoms with van der Waals surface area (Å²) in [5.41, 5.74) is 1.06. The molecule has 2 rings (SSSR count). The van der Waals surface area contributed by atoms with E-state index >= 15 is 0 Å². The maximum absolute atomic E-state index is 5.50. The molecule has 1 N–H and O–H groups in total. The highest BCUT2D eigenvalue weighted by Gasteiger charge is 2.17. The number of hydrogen-bond donors (Lipinski definition) is 1. The van der Waals surface area contributed by atoms with Gasteiger partial charge < -0.3 is 24.3 Å². The third-order valence-corrected chi connectivity index (χ3v) is 3.79. The van der Waals surface area contributed by atoms with Gasteiger partial charge in [-0.3, -0.25) is 0 Å². The maximum Gasteiger partial charge on any atom is 0.203 e.